The predicted molar refractivity (Wildman–Crippen MR) is 148 cm³/mol. The molecule has 180 valence electrons. The van der Waals surface area contributed by atoms with Crippen molar-refractivity contribution < 1.29 is 9.59 Å². The number of hydrogen-bond donors (Lipinski definition) is 0. The molecule has 0 aliphatic heterocycles. The molecule has 0 heterocycles. The van der Waals surface area contributed by atoms with Gasteiger partial charge in [0.25, 0.3) is 0 Å². The van der Waals surface area contributed by atoms with Gasteiger partial charge < -0.3 is 0 Å². The lowest BCUT2D eigenvalue weighted by atomic mass is 9.82. The lowest BCUT2D eigenvalue weighted by Crippen LogP contribution is -2.12. The van der Waals surface area contributed by atoms with E-state index in [2.05, 4.69) is 12.1 Å². The number of nitrogens with zero attached hydrogens (tertiary/aromatic N) is 2. The van der Waals surface area contributed by atoms with E-state index in [0.717, 1.165) is 27.8 Å². The molecule has 0 N–H and O–H groups in total. The maximum absolute atomic E-state index is 13.7. The van der Waals surface area contributed by atoms with Crippen molar-refractivity contribution in [2.24, 2.45) is 0 Å². The summed E-state index contributed by atoms with van der Waals surface area (Å²) in [5.41, 5.74) is 8.20. The van der Waals surface area contributed by atoms with Crippen LogP contribution < -0.4 is 0 Å². The topological polar surface area (TPSA) is 81.7 Å². The van der Waals surface area contributed by atoms with Crippen LogP contribution in [0.1, 0.15) is 40.3 Å². The SMILES string of the molecule is CC1=C/C(=C2/C=C(c3ccc(C)cc3)C(=O)C(c3ccc(C#N)cc3)=C2)C=C(c2ccc(C#N)cc2)C1=O. The molecule has 0 saturated heterocycles. The van der Waals surface area contributed by atoms with E-state index >= 15 is 0 Å². The minimum atomic E-state index is -0.105. The zero-order chi connectivity index (χ0) is 26.8. The Balaban J connectivity index is 1.71. The van der Waals surface area contributed by atoms with Gasteiger partial charge in [-0.15, -0.1) is 0 Å². The smallest absolute Gasteiger partial charge is 0.194 e. The molecule has 4 heteroatoms. The van der Waals surface area contributed by atoms with Gasteiger partial charge in [0, 0.05) is 16.7 Å². The monoisotopic (exact) mass is 490 g/mol. The van der Waals surface area contributed by atoms with Gasteiger partial charge in [-0.05, 0) is 95.8 Å². The number of nitriles is 2. The average molecular weight is 491 g/mol. The quantitative estimate of drug-likeness (QED) is 0.409. The minimum absolute atomic E-state index is 0.0787. The maximum Gasteiger partial charge on any atom is 0.194 e. The van der Waals surface area contributed by atoms with E-state index in [-0.39, 0.29) is 11.6 Å². The van der Waals surface area contributed by atoms with Crippen molar-refractivity contribution in [3.8, 4) is 12.1 Å². The number of aryl methyl sites for hydroxylation is 1. The van der Waals surface area contributed by atoms with Gasteiger partial charge in [-0.2, -0.15) is 10.5 Å². The van der Waals surface area contributed by atoms with Crippen LogP contribution in [-0.2, 0) is 9.59 Å². The molecule has 2 aliphatic rings. The molecule has 0 atom stereocenters. The van der Waals surface area contributed by atoms with Crippen molar-refractivity contribution in [3.63, 3.8) is 0 Å². The number of rotatable bonds is 3. The number of carbonyl (C=O) groups excluding carboxylic acids is 2. The van der Waals surface area contributed by atoms with Crippen LogP contribution in [0.2, 0.25) is 0 Å². The molecule has 0 fully saturated rings. The maximum atomic E-state index is 13.7. The van der Waals surface area contributed by atoms with Gasteiger partial charge in [0.1, 0.15) is 0 Å². The highest BCUT2D eigenvalue weighted by Crippen LogP contribution is 2.36. The minimum Gasteiger partial charge on any atom is -0.289 e. The second kappa shape index (κ2) is 9.97. The molecule has 3 aromatic carbocycles. The molecule has 4 nitrogen and oxygen atoms in total. The van der Waals surface area contributed by atoms with Gasteiger partial charge in [0.05, 0.1) is 23.3 Å². The lowest BCUT2D eigenvalue weighted by molar-refractivity contribution is -0.110. The first-order valence-corrected chi connectivity index (χ1v) is 12.1. The van der Waals surface area contributed by atoms with Crippen molar-refractivity contribution in [2.75, 3.05) is 0 Å². The summed E-state index contributed by atoms with van der Waals surface area (Å²) in [7, 11) is 0. The molecule has 0 spiro atoms. The van der Waals surface area contributed by atoms with Crippen LogP contribution in [0.4, 0.5) is 0 Å². The molecule has 5 rings (SSSR count). The van der Waals surface area contributed by atoms with E-state index in [1.54, 1.807) is 55.5 Å². The van der Waals surface area contributed by atoms with Crippen LogP contribution in [-0.4, -0.2) is 11.6 Å². The van der Waals surface area contributed by atoms with Gasteiger partial charge in [0.15, 0.2) is 11.6 Å². The van der Waals surface area contributed by atoms with Crippen LogP contribution in [0, 0.1) is 29.6 Å². The Morgan fingerprint density at radius 1 is 0.500 bits per heavy atom. The molecule has 3 aromatic rings. The fourth-order valence-corrected chi connectivity index (χ4v) is 4.56. The Hall–Kier alpha value is -5.32. The van der Waals surface area contributed by atoms with Crippen molar-refractivity contribution in [1.82, 2.24) is 0 Å². The molecule has 0 saturated carbocycles. The Labute approximate surface area is 221 Å². The zero-order valence-corrected chi connectivity index (χ0v) is 20.9. The van der Waals surface area contributed by atoms with E-state index in [1.165, 1.54) is 0 Å². The molecule has 0 amide bonds. The highest BCUT2D eigenvalue weighted by Gasteiger charge is 2.26. The predicted octanol–water partition coefficient (Wildman–Crippen LogP) is 6.70. The number of benzene rings is 3. The Kier molecular flexibility index (Phi) is 6.40. The number of allylic oxidation sites excluding steroid dienone is 10. The molecule has 0 bridgehead atoms. The third kappa shape index (κ3) is 4.60. The van der Waals surface area contributed by atoms with E-state index in [1.807, 2.05) is 55.5 Å². The molecule has 0 radical (unpaired) electrons. The first-order valence-electron chi connectivity index (χ1n) is 12.1. The fourth-order valence-electron chi connectivity index (χ4n) is 4.56. The first-order chi connectivity index (χ1) is 18.4. The number of Topliss-reactive ketones (excluding diaryl/α,β-unsaturated/α-hetero) is 2. The third-order valence-corrected chi connectivity index (χ3v) is 6.71. The van der Waals surface area contributed by atoms with E-state index in [9.17, 15) is 14.9 Å². The summed E-state index contributed by atoms with van der Waals surface area (Å²) in [6.07, 6.45) is 7.42. The third-order valence-electron chi connectivity index (χ3n) is 6.71. The molecule has 2 aliphatic carbocycles. The highest BCUT2D eigenvalue weighted by atomic mass is 16.1. The second-order valence-corrected chi connectivity index (χ2v) is 9.31. The summed E-state index contributed by atoms with van der Waals surface area (Å²) >= 11 is 0. The van der Waals surface area contributed by atoms with Crippen LogP contribution in [0.15, 0.2) is 114 Å². The number of carbonyl (C=O) groups is 2. The molecule has 38 heavy (non-hydrogen) atoms. The van der Waals surface area contributed by atoms with Gasteiger partial charge in [0.2, 0.25) is 0 Å². The van der Waals surface area contributed by atoms with Crippen LogP contribution in [0.5, 0.6) is 0 Å². The summed E-state index contributed by atoms with van der Waals surface area (Å²) in [6.45, 7) is 3.78. The largest absolute Gasteiger partial charge is 0.289 e. The zero-order valence-electron chi connectivity index (χ0n) is 20.9. The second-order valence-electron chi connectivity index (χ2n) is 9.31. The molecule has 0 unspecified atom stereocenters. The Bertz CT molecular complexity index is 1730. The van der Waals surface area contributed by atoms with E-state index in [0.29, 0.717) is 39.0 Å². The van der Waals surface area contributed by atoms with Gasteiger partial charge in [-0.25, -0.2) is 0 Å². The summed E-state index contributed by atoms with van der Waals surface area (Å²) in [5, 5.41) is 18.4. The van der Waals surface area contributed by atoms with Crippen molar-refractivity contribution >= 4 is 28.3 Å². The van der Waals surface area contributed by atoms with Crippen LogP contribution in [0.3, 0.4) is 0 Å². The van der Waals surface area contributed by atoms with E-state index in [4.69, 9.17) is 5.26 Å². The van der Waals surface area contributed by atoms with Gasteiger partial charge in [-0.3, -0.25) is 9.59 Å². The summed E-state index contributed by atoms with van der Waals surface area (Å²) in [4.78, 5) is 26.8. The highest BCUT2D eigenvalue weighted by molar-refractivity contribution is 6.44. The summed E-state index contributed by atoms with van der Waals surface area (Å²) < 4.78 is 0. The van der Waals surface area contributed by atoms with Gasteiger partial charge in [-0.1, -0.05) is 54.1 Å². The normalized spacial score (nSPS) is 17.1. The molecular weight excluding hydrogens is 468 g/mol. The average Bonchev–Trinajstić information content (AvgIpc) is 2.95. The van der Waals surface area contributed by atoms with Crippen LogP contribution >= 0.6 is 0 Å². The van der Waals surface area contributed by atoms with Gasteiger partial charge >= 0.3 is 0 Å². The Morgan fingerprint density at radius 2 is 0.868 bits per heavy atom. The lowest BCUT2D eigenvalue weighted by Gasteiger charge is -2.20. The van der Waals surface area contributed by atoms with Crippen molar-refractivity contribution in [2.45, 2.75) is 13.8 Å². The summed E-state index contributed by atoms with van der Waals surface area (Å²) in [5.74, 6) is -0.184. The van der Waals surface area contributed by atoms with Crippen molar-refractivity contribution in [3.05, 3.63) is 147 Å². The number of hydrogen-bond acceptors (Lipinski definition) is 4. The fraction of sp³-hybridized carbons (Fsp3) is 0.0588. The van der Waals surface area contributed by atoms with E-state index < -0.39 is 0 Å². The first kappa shape index (κ1) is 24.4. The van der Waals surface area contributed by atoms with Crippen molar-refractivity contribution in [1.29, 1.82) is 10.5 Å². The number of ketones is 2. The summed E-state index contributed by atoms with van der Waals surface area (Å²) in [6, 6.07) is 26.0. The Morgan fingerprint density at radius 3 is 1.29 bits per heavy atom. The molecule has 0 aromatic heterocycles. The standard InChI is InChI=1S/C34H22N2O2/c1-21-3-9-25(10-4-21)31-17-29(18-32(34(31)38)27-13-7-24(20-36)8-14-27)28-15-22(2)33(37)30(16-28)26-11-5-23(19-35)6-12-26/h3-18H,1-2H3/b29-28+. The van der Waals surface area contributed by atoms with Crippen LogP contribution in [0.25, 0.3) is 16.7 Å². The molecular formula is C34H22N2O2.